The van der Waals surface area contributed by atoms with E-state index in [9.17, 15) is 0 Å². The molecule has 0 bridgehead atoms. The van der Waals surface area contributed by atoms with E-state index in [-0.39, 0.29) is 0 Å². The zero-order chi connectivity index (χ0) is 10.7. The summed E-state index contributed by atoms with van der Waals surface area (Å²) in [5.41, 5.74) is 4.34. The zero-order valence-corrected chi connectivity index (χ0v) is 10.4. The lowest BCUT2D eigenvalue weighted by atomic mass is 10.0. The van der Waals surface area contributed by atoms with Crippen molar-refractivity contribution in [3.8, 4) is 0 Å². The maximum atomic E-state index is 3.47. The van der Waals surface area contributed by atoms with Crippen LogP contribution in [0.3, 0.4) is 0 Å². The van der Waals surface area contributed by atoms with Crippen LogP contribution in [0.1, 0.15) is 16.7 Å². The van der Waals surface area contributed by atoms with E-state index in [1.807, 2.05) is 0 Å². The van der Waals surface area contributed by atoms with Crippen molar-refractivity contribution in [3.63, 3.8) is 0 Å². The summed E-state index contributed by atoms with van der Waals surface area (Å²) in [5, 5.41) is 4.23. The Labute approximate surface area is 96.7 Å². The van der Waals surface area contributed by atoms with Gasteiger partial charge in [0.05, 0.1) is 0 Å². The summed E-state index contributed by atoms with van der Waals surface area (Å²) in [6.07, 6.45) is 1.21. The minimum absolute atomic E-state index is 0.763. The van der Waals surface area contributed by atoms with Gasteiger partial charge < -0.3 is 5.32 Å². The molecule has 1 saturated heterocycles. The second-order valence-electron chi connectivity index (χ2n) is 4.33. The van der Waals surface area contributed by atoms with E-state index in [2.05, 4.69) is 49.1 Å². The average Bonchev–Trinajstić information content (AvgIpc) is 2.25. The maximum absolute atomic E-state index is 3.47. The lowest BCUT2D eigenvalue weighted by Crippen LogP contribution is -2.33. The first-order valence-electron chi connectivity index (χ1n) is 5.64. The van der Waals surface area contributed by atoms with Crippen LogP contribution in [0, 0.1) is 13.8 Å². The van der Waals surface area contributed by atoms with Gasteiger partial charge in [-0.2, -0.15) is 11.8 Å². The Hall–Kier alpha value is -0.470. The largest absolute Gasteiger partial charge is 0.315 e. The third-order valence-corrected chi connectivity index (χ3v) is 4.20. The van der Waals surface area contributed by atoms with E-state index < -0.39 is 0 Å². The predicted octanol–water partition coefficient (Wildman–Crippen LogP) is 2.55. The highest BCUT2D eigenvalue weighted by Crippen LogP contribution is 2.21. The summed E-state index contributed by atoms with van der Waals surface area (Å²) >= 11 is 2.11. The molecule has 1 atom stereocenters. The molecule has 1 fully saturated rings. The Morgan fingerprint density at radius 1 is 1.40 bits per heavy atom. The number of nitrogens with one attached hydrogen (secondary N) is 1. The second kappa shape index (κ2) is 5.04. The van der Waals surface area contributed by atoms with Crippen molar-refractivity contribution in [1.82, 2.24) is 5.32 Å². The van der Waals surface area contributed by atoms with Crippen molar-refractivity contribution in [2.45, 2.75) is 25.5 Å². The van der Waals surface area contributed by atoms with Crippen molar-refractivity contribution in [3.05, 3.63) is 34.9 Å². The van der Waals surface area contributed by atoms with Crippen molar-refractivity contribution in [2.75, 3.05) is 18.8 Å². The van der Waals surface area contributed by atoms with Crippen LogP contribution in [0.4, 0.5) is 0 Å². The summed E-state index contributed by atoms with van der Waals surface area (Å²) in [6.45, 7) is 6.73. The number of benzene rings is 1. The van der Waals surface area contributed by atoms with Crippen LogP contribution in [0.25, 0.3) is 0 Å². The smallest absolute Gasteiger partial charge is 0.0213 e. The van der Waals surface area contributed by atoms with E-state index >= 15 is 0 Å². The first-order chi connectivity index (χ1) is 7.25. The molecule has 1 nitrogen and oxygen atoms in total. The summed E-state index contributed by atoms with van der Waals surface area (Å²) in [7, 11) is 0. The minimum atomic E-state index is 0.763. The first-order valence-corrected chi connectivity index (χ1v) is 6.69. The van der Waals surface area contributed by atoms with Gasteiger partial charge in [-0.25, -0.2) is 0 Å². The van der Waals surface area contributed by atoms with E-state index in [1.54, 1.807) is 0 Å². The van der Waals surface area contributed by atoms with E-state index in [1.165, 1.54) is 35.4 Å². The topological polar surface area (TPSA) is 12.0 Å². The molecule has 1 heterocycles. The lowest BCUT2D eigenvalue weighted by molar-refractivity contribution is 0.665. The molecule has 0 saturated carbocycles. The summed E-state index contributed by atoms with van der Waals surface area (Å²) in [4.78, 5) is 0. The molecule has 1 unspecified atom stereocenters. The molecule has 0 amide bonds. The molecule has 15 heavy (non-hydrogen) atoms. The standard InChI is InChI=1S/C13H19NS/c1-10-3-4-11(2)12(7-10)8-13-9-14-5-6-15-13/h3-4,7,13-14H,5-6,8-9H2,1-2H3. The van der Waals surface area contributed by atoms with E-state index in [0.717, 1.165) is 11.8 Å². The Balaban J connectivity index is 2.05. The van der Waals surface area contributed by atoms with Gasteiger partial charge in [-0.3, -0.25) is 0 Å². The zero-order valence-electron chi connectivity index (χ0n) is 9.55. The van der Waals surface area contributed by atoms with Crippen molar-refractivity contribution < 1.29 is 0 Å². The van der Waals surface area contributed by atoms with Crippen LogP contribution >= 0.6 is 11.8 Å². The quantitative estimate of drug-likeness (QED) is 0.823. The lowest BCUT2D eigenvalue weighted by Gasteiger charge is -2.23. The number of rotatable bonds is 2. The van der Waals surface area contributed by atoms with Gasteiger partial charge in [0.25, 0.3) is 0 Å². The number of thioether (sulfide) groups is 1. The summed E-state index contributed by atoms with van der Waals surface area (Å²) in [6, 6.07) is 6.78. The SMILES string of the molecule is Cc1ccc(C)c(CC2CNCCS2)c1. The molecule has 0 spiro atoms. The Kier molecular flexibility index (Phi) is 3.71. The maximum Gasteiger partial charge on any atom is 0.0213 e. The molecule has 1 aliphatic heterocycles. The van der Waals surface area contributed by atoms with E-state index in [4.69, 9.17) is 0 Å². The van der Waals surface area contributed by atoms with Gasteiger partial charge in [-0.1, -0.05) is 23.8 Å². The first kappa shape index (κ1) is 11.0. The van der Waals surface area contributed by atoms with Gasteiger partial charge in [0.1, 0.15) is 0 Å². The molecule has 1 aromatic rings. The Bertz CT molecular complexity index is 329. The molecule has 2 rings (SSSR count). The highest BCUT2D eigenvalue weighted by Gasteiger charge is 2.14. The van der Waals surface area contributed by atoms with Crippen LogP contribution in [0.5, 0.6) is 0 Å². The molecule has 1 aliphatic rings. The Morgan fingerprint density at radius 2 is 2.27 bits per heavy atom. The van der Waals surface area contributed by atoms with Gasteiger partial charge >= 0.3 is 0 Å². The van der Waals surface area contributed by atoms with Crippen LogP contribution in [-0.2, 0) is 6.42 Å². The van der Waals surface area contributed by atoms with Crippen LogP contribution < -0.4 is 5.32 Å². The average molecular weight is 221 g/mol. The fourth-order valence-corrected chi connectivity index (χ4v) is 3.14. The fraction of sp³-hybridized carbons (Fsp3) is 0.538. The molecule has 0 aliphatic carbocycles. The molecule has 1 aromatic carbocycles. The van der Waals surface area contributed by atoms with Crippen LogP contribution in [0.2, 0.25) is 0 Å². The Morgan fingerprint density at radius 3 is 3.00 bits per heavy atom. The molecule has 1 N–H and O–H groups in total. The van der Waals surface area contributed by atoms with Crippen LogP contribution in [-0.4, -0.2) is 24.1 Å². The van der Waals surface area contributed by atoms with Gasteiger partial charge in [-0.05, 0) is 31.4 Å². The summed E-state index contributed by atoms with van der Waals surface area (Å²) < 4.78 is 0. The molecule has 0 aromatic heterocycles. The molecular weight excluding hydrogens is 202 g/mol. The molecule has 0 radical (unpaired) electrons. The third-order valence-electron chi connectivity index (χ3n) is 2.96. The molecular formula is C13H19NS. The van der Waals surface area contributed by atoms with Crippen molar-refractivity contribution in [2.24, 2.45) is 0 Å². The van der Waals surface area contributed by atoms with Crippen molar-refractivity contribution >= 4 is 11.8 Å². The van der Waals surface area contributed by atoms with Crippen LogP contribution in [0.15, 0.2) is 18.2 Å². The van der Waals surface area contributed by atoms with Gasteiger partial charge in [0, 0.05) is 24.1 Å². The number of hydrogen-bond acceptors (Lipinski definition) is 2. The number of hydrogen-bond donors (Lipinski definition) is 1. The highest BCUT2D eigenvalue weighted by atomic mass is 32.2. The fourth-order valence-electron chi connectivity index (χ4n) is 2.02. The normalized spacial score (nSPS) is 21.6. The predicted molar refractivity (Wildman–Crippen MR) is 68.7 cm³/mol. The summed E-state index contributed by atoms with van der Waals surface area (Å²) in [5.74, 6) is 1.26. The van der Waals surface area contributed by atoms with E-state index in [0.29, 0.717) is 0 Å². The number of aryl methyl sites for hydroxylation is 2. The monoisotopic (exact) mass is 221 g/mol. The second-order valence-corrected chi connectivity index (χ2v) is 5.74. The highest BCUT2D eigenvalue weighted by molar-refractivity contribution is 8.00. The van der Waals surface area contributed by atoms with Gasteiger partial charge in [0.2, 0.25) is 0 Å². The third kappa shape index (κ3) is 2.99. The molecule has 82 valence electrons. The minimum Gasteiger partial charge on any atom is -0.315 e. The molecule has 2 heteroatoms. The van der Waals surface area contributed by atoms with Gasteiger partial charge in [-0.15, -0.1) is 0 Å². The van der Waals surface area contributed by atoms with Gasteiger partial charge in [0.15, 0.2) is 0 Å². The van der Waals surface area contributed by atoms with Crippen molar-refractivity contribution in [1.29, 1.82) is 0 Å².